The summed E-state index contributed by atoms with van der Waals surface area (Å²) in [5.41, 5.74) is 0.414. The van der Waals surface area contributed by atoms with Crippen LogP contribution in [0.4, 0.5) is 13.2 Å². The first-order chi connectivity index (χ1) is 17.9. The van der Waals surface area contributed by atoms with Crippen LogP contribution in [-0.4, -0.2) is 72.9 Å². The number of aliphatic carboxylic acids is 1. The lowest BCUT2D eigenvalue weighted by Gasteiger charge is -2.39. The van der Waals surface area contributed by atoms with E-state index in [4.69, 9.17) is 0 Å². The highest BCUT2D eigenvalue weighted by molar-refractivity contribution is 7.89. The second-order valence-corrected chi connectivity index (χ2v) is 11.4. The van der Waals surface area contributed by atoms with Gasteiger partial charge >= 0.3 is 12.3 Å². The van der Waals surface area contributed by atoms with Crippen molar-refractivity contribution in [3.63, 3.8) is 0 Å². The van der Waals surface area contributed by atoms with Gasteiger partial charge in [-0.05, 0) is 48.6 Å². The van der Waals surface area contributed by atoms with Gasteiger partial charge in [-0.2, -0.15) is 4.31 Å². The number of alkyl halides is 3. The van der Waals surface area contributed by atoms with Crippen molar-refractivity contribution in [2.24, 2.45) is 5.41 Å². The number of amides is 1. The molecule has 204 valence electrons. The highest BCUT2D eigenvalue weighted by Crippen LogP contribution is 2.36. The number of carboxylic acids is 1. The molecule has 2 aromatic carbocycles. The zero-order valence-electron chi connectivity index (χ0n) is 20.4. The normalized spacial score (nSPS) is 18.5. The largest absolute Gasteiger partial charge is 0.573 e. The second-order valence-electron chi connectivity index (χ2n) is 9.41. The Morgan fingerprint density at radius 2 is 1.68 bits per heavy atom. The van der Waals surface area contributed by atoms with Gasteiger partial charge < -0.3 is 14.7 Å². The van der Waals surface area contributed by atoms with E-state index in [9.17, 15) is 36.3 Å². The van der Waals surface area contributed by atoms with Crippen LogP contribution in [0.1, 0.15) is 35.2 Å². The molecule has 0 radical (unpaired) electrons. The lowest BCUT2D eigenvalue weighted by Crippen LogP contribution is -2.51. The van der Waals surface area contributed by atoms with Crippen LogP contribution in [0.15, 0.2) is 60.7 Å². The maximum absolute atomic E-state index is 13.2. The molecular formula is C26H27F3N2O6S. The van der Waals surface area contributed by atoms with Gasteiger partial charge in [-0.15, -0.1) is 13.2 Å². The first-order valence-electron chi connectivity index (χ1n) is 12.0. The summed E-state index contributed by atoms with van der Waals surface area (Å²) < 4.78 is 69.2. The number of hydrogen-bond donors (Lipinski definition) is 1. The van der Waals surface area contributed by atoms with Crippen molar-refractivity contribution in [3.8, 4) is 5.75 Å². The minimum absolute atomic E-state index is 0.0449. The molecule has 0 atom stereocenters. The first kappa shape index (κ1) is 27.6. The van der Waals surface area contributed by atoms with Crippen LogP contribution in [0.3, 0.4) is 0 Å². The number of nitrogens with zero attached hydrogens (tertiary/aromatic N) is 2. The minimum atomic E-state index is -4.91. The number of carbonyl (C=O) groups excluding carboxylic acids is 1. The monoisotopic (exact) mass is 552 g/mol. The molecule has 2 aromatic rings. The molecule has 38 heavy (non-hydrogen) atoms. The van der Waals surface area contributed by atoms with Gasteiger partial charge in [-0.25, -0.2) is 8.42 Å². The maximum atomic E-state index is 13.2. The predicted molar refractivity (Wildman–Crippen MR) is 133 cm³/mol. The fraction of sp³-hybridized carbons (Fsp3) is 0.385. The van der Waals surface area contributed by atoms with Crippen LogP contribution in [0, 0.1) is 5.41 Å². The van der Waals surface area contributed by atoms with Crippen molar-refractivity contribution in [1.29, 1.82) is 0 Å². The maximum Gasteiger partial charge on any atom is 0.573 e. The molecule has 1 amide bonds. The minimum Gasteiger partial charge on any atom is -0.481 e. The van der Waals surface area contributed by atoms with E-state index in [1.807, 2.05) is 36.4 Å². The number of halogens is 3. The average Bonchev–Trinajstić information content (AvgIpc) is 2.88. The van der Waals surface area contributed by atoms with E-state index in [0.717, 1.165) is 23.3 Å². The molecule has 0 bridgehead atoms. The fourth-order valence-electron chi connectivity index (χ4n) is 4.82. The number of ether oxygens (including phenoxy) is 1. The van der Waals surface area contributed by atoms with Crippen LogP contribution in [-0.2, 0) is 14.8 Å². The van der Waals surface area contributed by atoms with Gasteiger partial charge in [0.1, 0.15) is 5.75 Å². The Kier molecular flexibility index (Phi) is 7.84. The third-order valence-corrected chi connectivity index (χ3v) is 8.98. The number of hydrogen-bond acceptors (Lipinski definition) is 5. The van der Waals surface area contributed by atoms with Gasteiger partial charge in [0.05, 0.1) is 11.2 Å². The van der Waals surface area contributed by atoms with Crippen molar-refractivity contribution in [3.05, 3.63) is 71.8 Å². The number of sulfonamides is 1. The summed E-state index contributed by atoms with van der Waals surface area (Å²) in [6, 6.07) is 14.2. The smallest absolute Gasteiger partial charge is 0.481 e. The third-order valence-electron chi connectivity index (χ3n) is 6.94. The molecule has 2 aliphatic heterocycles. The fourth-order valence-corrected chi connectivity index (χ4v) is 6.79. The van der Waals surface area contributed by atoms with Crippen LogP contribution < -0.4 is 4.74 Å². The molecule has 12 heteroatoms. The lowest BCUT2D eigenvalue weighted by atomic mass is 9.80. The molecule has 8 nitrogen and oxygen atoms in total. The number of benzene rings is 2. The second kappa shape index (κ2) is 10.8. The SMILES string of the molecule is O=C(c1cccc(OC(F)(F)F)c1)N1CCC(CS(=O)(=O)N2CC=C(c3ccccc3)CC2)(C(=O)O)CC1. The highest BCUT2D eigenvalue weighted by Gasteiger charge is 2.47. The number of carbonyl (C=O) groups is 2. The highest BCUT2D eigenvalue weighted by atomic mass is 32.2. The Hall–Kier alpha value is -3.38. The van der Waals surface area contributed by atoms with Crippen LogP contribution in [0.25, 0.3) is 5.57 Å². The molecule has 1 N–H and O–H groups in total. The molecular weight excluding hydrogens is 525 g/mol. The predicted octanol–water partition coefficient (Wildman–Crippen LogP) is 4.01. The van der Waals surface area contributed by atoms with E-state index < -0.39 is 45.2 Å². The molecule has 1 fully saturated rings. The molecule has 0 saturated carbocycles. The van der Waals surface area contributed by atoms with Crippen LogP contribution in [0.2, 0.25) is 0 Å². The Morgan fingerprint density at radius 3 is 2.26 bits per heavy atom. The topological polar surface area (TPSA) is 104 Å². The van der Waals surface area contributed by atoms with Gasteiger partial charge in [0, 0.05) is 31.7 Å². The Morgan fingerprint density at radius 1 is 1.00 bits per heavy atom. The number of carboxylic acid groups (broad SMARTS) is 1. The Balaban J connectivity index is 1.42. The Bertz CT molecular complexity index is 1320. The molecule has 0 aromatic heterocycles. The zero-order chi connectivity index (χ0) is 27.6. The van der Waals surface area contributed by atoms with Crippen molar-refractivity contribution in [2.45, 2.75) is 25.6 Å². The van der Waals surface area contributed by atoms with Gasteiger partial charge in [-0.3, -0.25) is 9.59 Å². The molecule has 1 saturated heterocycles. The quantitative estimate of drug-likeness (QED) is 0.557. The summed E-state index contributed by atoms with van der Waals surface area (Å²) >= 11 is 0. The molecule has 0 spiro atoms. The molecule has 2 aliphatic rings. The van der Waals surface area contributed by atoms with E-state index in [1.165, 1.54) is 21.3 Å². The summed E-state index contributed by atoms with van der Waals surface area (Å²) in [6.45, 7) is 0.273. The average molecular weight is 553 g/mol. The molecule has 0 aliphatic carbocycles. The van der Waals surface area contributed by atoms with Crippen molar-refractivity contribution < 1.29 is 41.0 Å². The van der Waals surface area contributed by atoms with Crippen molar-refractivity contribution in [2.75, 3.05) is 31.9 Å². The summed E-state index contributed by atoms with van der Waals surface area (Å²) in [5.74, 6) is -2.99. The van der Waals surface area contributed by atoms with Crippen LogP contribution in [0.5, 0.6) is 5.75 Å². The number of likely N-dealkylation sites (tertiary alicyclic amines) is 1. The van der Waals surface area contributed by atoms with Gasteiger partial charge in [0.15, 0.2) is 0 Å². The van der Waals surface area contributed by atoms with E-state index in [-0.39, 0.29) is 44.6 Å². The molecule has 4 rings (SSSR count). The summed E-state index contributed by atoms with van der Waals surface area (Å²) in [4.78, 5) is 26.5. The first-order valence-corrected chi connectivity index (χ1v) is 13.6. The number of piperidine rings is 1. The molecule has 2 heterocycles. The summed E-state index contributed by atoms with van der Waals surface area (Å²) in [6.07, 6.45) is -2.78. The van der Waals surface area contributed by atoms with E-state index in [2.05, 4.69) is 4.74 Å². The number of rotatable bonds is 7. The van der Waals surface area contributed by atoms with Crippen molar-refractivity contribution in [1.82, 2.24) is 9.21 Å². The van der Waals surface area contributed by atoms with E-state index >= 15 is 0 Å². The Labute approximate surface area is 218 Å². The third kappa shape index (κ3) is 6.36. The summed E-state index contributed by atoms with van der Waals surface area (Å²) in [7, 11) is -3.92. The van der Waals surface area contributed by atoms with Gasteiger partial charge in [-0.1, -0.05) is 42.5 Å². The lowest BCUT2D eigenvalue weighted by molar-refractivity contribution is -0.274. The van der Waals surface area contributed by atoms with Crippen molar-refractivity contribution >= 4 is 27.5 Å². The van der Waals surface area contributed by atoms with Crippen LogP contribution >= 0.6 is 0 Å². The standard InChI is InChI=1S/C26H27F3N2O6S/c27-26(28,29)37-22-8-4-7-21(17-22)23(32)30-15-11-25(12-16-30,24(33)34)18-38(35,36)31-13-9-20(10-14-31)19-5-2-1-3-6-19/h1-9,17H,10-16,18H2,(H,33,34). The van der Waals surface area contributed by atoms with E-state index in [1.54, 1.807) is 0 Å². The van der Waals surface area contributed by atoms with E-state index in [0.29, 0.717) is 6.42 Å². The molecule has 0 unspecified atom stereocenters. The summed E-state index contributed by atoms with van der Waals surface area (Å²) in [5, 5.41) is 10.0. The van der Waals surface area contributed by atoms with Gasteiger partial charge in [0.2, 0.25) is 10.0 Å². The van der Waals surface area contributed by atoms with Gasteiger partial charge in [0.25, 0.3) is 5.91 Å². The zero-order valence-corrected chi connectivity index (χ0v) is 21.2.